The highest BCUT2D eigenvalue weighted by Gasteiger charge is 2.17. The quantitative estimate of drug-likeness (QED) is 0.0902. The van der Waals surface area contributed by atoms with E-state index in [0.29, 0.717) is 33.9 Å². The lowest BCUT2D eigenvalue weighted by Crippen LogP contribution is -2.17. The number of aliphatic carboxylic acids is 1. The maximum absolute atomic E-state index is 13.0. The first kappa shape index (κ1) is 27.9. The van der Waals surface area contributed by atoms with Crippen LogP contribution in [0.25, 0.3) is 0 Å². The number of aliphatic hydroxyl groups excluding tert-OH is 1. The van der Waals surface area contributed by atoms with Crippen molar-refractivity contribution >= 4 is 29.2 Å². The van der Waals surface area contributed by atoms with Gasteiger partial charge in [0.2, 0.25) is 0 Å². The van der Waals surface area contributed by atoms with Gasteiger partial charge in [-0.05, 0) is 79.4 Å². The van der Waals surface area contributed by atoms with Crippen molar-refractivity contribution in [3.8, 4) is 5.75 Å². The Balaban J connectivity index is 1.85. The molecule has 0 fully saturated rings. The second-order valence-corrected chi connectivity index (χ2v) is 8.72. The van der Waals surface area contributed by atoms with Crippen LogP contribution < -0.4 is 21.1 Å². The van der Waals surface area contributed by atoms with Crippen molar-refractivity contribution < 1.29 is 29.7 Å². The number of carboxylic acid groups (broad SMARTS) is 1. The molecule has 1 aromatic heterocycles. The van der Waals surface area contributed by atoms with Gasteiger partial charge in [0, 0.05) is 30.4 Å². The second-order valence-electron chi connectivity index (χ2n) is 8.72. The zero-order chi connectivity index (χ0) is 27.7. The summed E-state index contributed by atoms with van der Waals surface area (Å²) >= 11 is 0. The number of amides is 1. The molecule has 0 radical (unpaired) electrons. The molecule has 0 bridgehead atoms. The van der Waals surface area contributed by atoms with Gasteiger partial charge < -0.3 is 36.5 Å². The van der Waals surface area contributed by atoms with E-state index < -0.39 is 11.9 Å². The van der Waals surface area contributed by atoms with Gasteiger partial charge in [0.05, 0.1) is 18.3 Å². The predicted molar refractivity (Wildman–Crippen MR) is 143 cm³/mol. The summed E-state index contributed by atoms with van der Waals surface area (Å²) in [5, 5.41) is 36.7. The number of hydrogen-bond acceptors (Lipinski definition) is 8. The van der Waals surface area contributed by atoms with Crippen molar-refractivity contribution in [1.82, 2.24) is 4.98 Å². The number of oxime groups is 1. The monoisotopic (exact) mass is 521 g/mol. The van der Waals surface area contributed by atoms with Crippen LogP contribution >= 0.6 is 0 Å². The number of carbonyl (C=O) groups excluding carboxylic acids is 1. The lowest BCUT2D eigenvalue weighted by Gasteiger charge is -2.20. The van der Waals surface area contributed by atoms with Crippen LogP contribution in [0.5, 0.6) is 5.75 Å². The Hall–Kier alpha value is -4.64. The SMILES string of the molecule is CC(C)Oc1cc(CO)cc(CNc2ncccc2C(=O)Nc2ccc(/C(N)=N/O)cc2)c1CCC(=O)O. The van der Waals surface area contributed by atoms with Crippen molar-refractivity contribution in [2.75, 3.05) is 10.6 Å². The summed E-state index contributed by atoms with van der Waals surface area (Å²) in [6, 6.07) is 13.2. The highest BCUT2D eigenvalue weighted by Crippen LogP contribution is 2.29. The maximum Gasteiger partial charge on any atom is 0.303 e. The summed E-state index contributed by atoms with van der Waals surface area (Å²) in [5.74, 6) is -0.552. The van der Waals surface area contributed by atoms with Crippen LogP contribution in [-0.4, -0.2) is 44.2 Å². The van der Waals surface area contributed by atoms with Crippen LogP contribution in [0.4, 0.5) is 11.5 Å². The molecular weight excluding hydrogens is 490 g/mol. The van der Waals surface area contributed by atoms with Crippen LogP contribution in [0, 0.1) is 0 Å². The van der Waals surface area contributed by atoms with Crippen molar-refractivity contribution in [3.63, 3.8) is 0 Å². The van der Waals surface area contributed by atoms with Crippen LogP contribution in [0.1, 0.15) is 52.9 Å². The first-order chi connectivity index (χ1) is 18.2. The molecule has 0 aliphatic carbocycles. The lowest BCUT2D eigenvalue weighted by atomic mass is 9.98. The van der Waals surface area contributed by atoms with E-state index >= 15 is 0 Å². The summed E-state index contributed by atoms with van der Waals surface area (Å²) in [6.45, 7) is 3.73. The van der Waals surface area contributed by atoms with Crippen LogP contribution in [-0.2, 0) is 24.4 Å². The van der Waals surface area contributed by atoms with Gasteiger partial charge in [0.25, 0.3) is 5.91 Å². The topological polar surface area (TPSA) is 179 Å². The fourth-order valence-electron chi connectivity index (χ4n) is 3.78. The van der Waals surface area contributed by atoms with Crippen LogP contribution in [0.2, 0.25) is 0 Å². The molecule has 0 unspecified atom stereocenters. The van der Waals surface area contributed by atoms with Crippen molar-refractivity contribution in [2.45, 2.75) is 45.9 Å². The van der Waals surface area contributed by atoms with Crippen molar-refractivity contribution in [2.24, 2.45) is 10.9 Å². The largest absolute Gasteiger partial charge is 0.491 e. The molecule has 11 nitrogen and oxygen atoms in total. The van der Waals surface area contributed by atoms with Crippen molar-refractivity contribution in [3.05, 3.63) is 82.5 Å². The predicted octanol–water partition coefficient (Wildman–Crippen LogP) is 3.34. The molecule has 3 rings (SSSR count). The minimum Gasteiger partial charge on any atom is -0.491 e. The number of aromatic nitrogens is 1. The Labute approximate surface area is 220 Å². The summed E-state index contributed by atoms with van der Waals surface area (Å²) in [6.07, 6.45) is 1.54. The third-order valence-corrected chi connectivity index (χ3v) is 5.54. The number of amidine groups is 1. The zero-order valence-corrected chi connectivity index (χ0v) is 21.1. The Morgan fingerprint density at radius 1 is 1.16 bits per heavy atom. The van der Waals surface area contributed by atoms with Crippen LogP contribution in [0.3, 0.4) is 0 Å². The van der Waals surface area contributed by atoms with Gasteiger partial charge in [-0.15, -0.1) is 0 Å². The van der Waals surface area contributed by atoms with E-state index in [1.54, 1.807) is 54.7 Å². The molecule has 11 heteroatoms. The third-order valence-electron chi connectivity index (χ3n) is 5.54. The van der Waals surface area contributed by atoms with Gasteiger partial charge in [-0.3, -0.25) is 9.59 Å². The molecule has 0 aliphatic heterocycles. The fourth-order valence-corrected chi connectivity index (χ4v) is 3.78. The van der Waals surface area contributed by atoms with Gasteiger partial charge in [-0.1, -0.05) is 11.2 Å². The molecule has 0 saturated carbocycles. The Morgan fingerprint density at radius 3 is 2.53 bits per heavy atom. The Morgan fingerprint density at radius 2 is 1.89 bits per heavy atom. The molecule has 7 N–H and O–H groups in total. The standard InChI is InChI=1S/C27H31N5O6/c1-16(2)38-23-13-17(15-33)12-19(21(23)9-10-24(34)35)14-30-26-22(4-3-11-29-26)27(36)31-20-7-5-18(6-8-20)25(28)32-37/h3-8,11-13,16,33,37H,9-10,14-15H2,1-2H3,(H2,28,32)(H,29,30)(H,31,36)(H,34,35). The summed E-state index contributed by atoms with van der Waals surface area (Å²) in [4.78, 5) is 28.6. The minimum atomic E-state index is -0.936. The molecule has 2 aromatic carbocycles. The normalized spacial score (nSPS) is 11.3. The number of benzene rings is 2. The molecule has 3 aromatic rings. The zero-order valence-electron chi connectivity index (χ0n) is 21.1. The van der Waals surface area contributed by atoms with E-state index in [9.17, 15) is 19.8 Å². The number of nitrogens with one attached hydrogen (secondary N) is 2. The number of ether oxygens (including phenoxy) is 1. The number of rotatable bonds is 12. The summed E-state index contributed by atoms with van der Waals surface area (Å²) < 4.78 is 5.93. The number of carbonyl (C=O) groups is 2. The van der Waals surface area contributed by atoms with E-state index in [1.165, 1.54) is 0 Å². The number of anilines is 2. The number of pyridine rings is 1. The number of nitrogens with zero attached hydrogens (tertiary/aromatic N) is 2. The van der Waals surface area contributed by atoms with Crippen molar-refractivity contribution in [1.29, 1.82) is 0 Å². The molecule has 1 heterocycles. The first-order valence-corrected chi connectivity index (χ1v) is 11.9. The maximum atomic E-state index is 13.0. The molecule has 0 saturated heterocycles. The highest BCUT2D eigenvalue weighted by atomic mass is 16.5. The summed E-state index contributed by atoms with van der Waals surface area (Å²) in [5.41, 5.74) is 8.92. The molecule has 0 spiro atoms. The number of carboxylic acids is 1. The molecule has 38 heavy (non-hydrogen) atoms. The van der Waals surface area contributed by atoms with Gasteiger partial charge in [-0.25, -0.2) is 4.98 Å². The Bertz CT molecular complexity index is 1310. The molecule has 1 amide bonds. The average Bonchev–Trinajstić information content (AvgIpc) is 2.90. The fraction of sp³-hybridized carbons (Fsp3) is 0.259. The highest BCUT2D eigenvalue weighted by molar-refractivity contribution is 6.07. The molecule has 200 valence electrons. The summed E-state index contributed by atoms with van der Waals surface area (Å²) in [7, 11) is 0. The first-order valence-electron chi connectivity index (χ1n) is 11.9. The minimum absolute atomic E-state index is 0.0448. The number of nitrogens with two attached hydrogens (primary N) is 1. The lowest BCUT2D eigenvalue weighted by molar-refractivity contribution is -0.136. The number of hydrogen-bond donors (Lipinski definition) is 6. The molecular formula is C27H31N5O6. The van der Waals surface area contributed by atoms with E-state index in [4.69, 9.17) is 15.7 Å². The van der Waals surface area contributed by atoms with Gasteiger partial charge in [-0.2, -0.15) is 0 Å². The Kier molecular flexibility index (Phi) is 9.60. The second kappa shape index (κ2) is 13.1. The van der Waals surface area contributed by atoms with E-state index in [-0.39, 0.29) is 43.5 Å². The molecule has 0 atom stereocenters. The van der Waals surface area contributed by atoms with Gasteiger partial charge in [0.15, 0.2) is 5.84 Å². The molecule has 0 aliphatic rings. The van der Waals surface area contributed by atoms with E-state index in [0.717, 1.165) is 5.56 Å². The number of aliphatic hydroxyl groups is 1. The smallest absolute Gasteiger partial charge is 0.303 e. The van der Waals surface area contributed by atoms with Gasteiger partial charge >= 0.3 is 5.97 Å². The third kappa shape index (κ3) is 7.43. The van der Waals surface area contributed by atoms with Crippen LogP contribution in [0.15, 0.2) is 59.9 Å². The van der Waals surface area contributed by atoms with Gasteiger partial charge in [0.1, 0.15) is 11.6 Å². The average molecular weight is 522 g/mol. The van der Waals surface area contributed by atoms with E-state index in [1.807, 2.05) is 13.8 Å². The van der Waals surface area contributed by atoms with E-state index in [2.05, 4.69) is 20.8 Å².